The molecule has 2 aliphatic rings. The molecule has 4 nitrogen and oxygen atoms in total. The number of hydrogen-bond donors (Lipinski definition) is 2. The maximum atomic E-state index is 12.6. The van der Waals surface area contributed by atoms with Gasteiger partial charge in [0.1, 0.15) is 0 Å². The van der Waals surface area contributed by atoms with E-state index in [0.717, 1.165) is 22.9 Å². The third-order valence-corrected chi connectivity index (χ3v) is 6.06. The maximum Gasteiger partial charge on any atom is 0.224 e. The average molecular weight is 323 g/mol. The van der Waals surface area contributed by atoms with E-state index in [1.165, 1.54) is 24.8 Å². The van der Waals surface area contributed by atoms with Crippen molar-refractivity contribution in [2.45, 2.75) is 51.5 Å². The summed E-state index contributed by atoms with van der Waals surface area (Å²) in [6, 6.07) is 11.0. The highest BCUT2D eigenvalue weighted by atomic mass is 16.1. The Labute approximate surface area is 143 Å². The van der Waals surface area contributed by atoms with Crippen molar-refractivity contribution in [3.05, 3.63) is 52.8 Å². The van der Waals surface area contributed by atoms with Crippen LogP contribution in [0.5, 0.6) is 0 Å². The molecule has 126 valence electrons. The number of aryl methyl sites for hydroxylation is 2. The molecule has 4 heteroatoms. The number of nitrogens with one attached hydrogen (secondary N) is 2. The summed E-state index contributed by atoms with van der Waals surface area (Å²) in [7, 11) is 0. The SMILES string of the molecule is Cc1n[nH]c(C)c1CC(=O)N[C@@H]1[C@@H]2CCC[C@@H]2[C@H]1c1ccccc1. The van der Waals surface area contributed by atoms with Crippen LogP contribution in [0, 0.1) is 25.7 Å². The van der Waals surface area contributed by atoms with Gasteiger partial charge in [0.05, 0.1) is 12.1 Å². The van der Waals surface area contributed by atoms with Crippen molar-refractivity contribution in [2.75, 3.05) is 0 Å². The lowest BCUT2D eigenvalue weighted by atomic mass is 9.60. The number of H-pyrrole nitrogens is 1. The van der Waals surface area contributed by atoms with Crippen LogP contribution >= 0.6 is 0 Å². The van der Waals surface area contributed by atoms with Crippen LogP contribution in [0.25, 0.3) is 0 Å². The van der Waals surface area contributed by atoms with Gasteiger partial charge in [0.2, 0.25) is 5.91 Å². The predicted molar refractivity (Wildman–Crippen MR) is 93.7 cm³/mol. The van der Waals surface area contributed by atoms with Crippen LogP contribution in [0.2, 0.25) is 0 Å². The number of aromatic amines is 1. The molecule has 1 amide bonds. The lowest BCUT2D eigenvalue weighted by Crippen LogP contribution is -2.56. The molecule has 2 N–H and O–H groups in total. The first-order valence-electron chi connectivity index (χ1n) is 9.00. The second-order valence-corrected chi connectivity index (χ2v) is 7.38. The minimum Gasteiger partial charge on any atom is -0.352 e. The van der Waals surface area contributed by atoms with Gasteiger partial charge in [-0.05, 0) is 44.1 Å². The number of hydrogen-bond acceptors (Lipinski definition) is 2. The smallest absolute Gasteiger partial charge is 0.224 e. The van der Waals surface area contributed by atoms with Crippen LogP contribution in [-0.4, -0.2) is 22.1 Å². The third kappa shape index (κ3) is 2.54. The van der Waals surface area contributed by atoms with Crippen molar-refractivity contribution in [1.82, 2.24) is 15.5 Å². The predicted octanol–water partition coefficient (Wildman–Crippen LogP) is 3.27. The van der Waals surface area contributed by atoms with E-state index < -0.39 is 0 Å². The second-order valence-electron chi connectivity index (χ2n) is 7.38. The van der Waals surface area contributed by atoms with E-state index >= 15 is 0 Å². The van der Waals surface area contributed by atoms with E-state index in [9.17, 15) is 4.79 Å². The molecule has 2 fully saturated rings. The first kappa shape index (κ1) is 15.4. The van der Waals surface area contributed by atoms with Gasteiger partial charge < -0.3 is 5.32 Å². The van der Waals surface area contributed by atoms with E-state index in [1.807, 2.05) is 13.8 Å². The molecule has 2 saturated carbocycles. The normalized spacial score (nSPS) is 28.2. The van der Waals surface area contributed by atoms with Gasteiger partial charge in [0.15, 0.2) is 0 Å². The Hall–Kier alpha value is -2.10. The maximum absolute atomic E-state index is 12.6. The van der Waals surface area contributed by atoms with E-state index in [1.54, 1.807) is 0 Å². The molecule has 24 heavy (non-hydrogen) atoms. The standard InChI is InChI=1S/C20H25N3O/c1-12-17(13(2)23-22-12)11-18(24)21-20-16-10-6-9-15(16)19(20)14-7-4-3-5-8-14/h3-5,7-8,15-16,19-20H,6,9-11H2,1-2H3,(H,21,24)(H,22,23)/t15-,16+,19+,20+/m0/s1. The van der Waals surface area contributed by atoms with Crippen LogP contribution in [0.15, 0.2) is 30.3 Å². The minimum absolute atomic E-state index is 0.124. The fraction of sp³-hybridized carbons (Fsp3) is 0.500. The quantitative estimate of drug-likeness (QED) is 0.907. The van der Waals surface area contributed by atoms with Gasteiger partial charge in [-0.1, -0.05) is 36.8 Å². The molecule has 0 spiro atoms. The van der Waals surface area contributed by atoms with Crippen molar-refractivity contribution in [3.63, 3.8) is 0 Å². The number of aromatic nitrogens is 2. The minimum atomic E-state index is 0.124. The Kier molecular flexibility index (Phi) is 3.91. The van der Waals surface area contributed by atoms with E-state index in [4.69, 9.17) is 0 Å². The second kappa shape index (κ2) is 6.08. The number of nitrogens with zero attached hydrogens (tertiary/aromatic N) is 1. The summed E-state index contributed by atoms with van der Waals surface area (Å²) in [6.07, 6.45) is 4.27. The molecule has 0 radical (unpaired) electrons. The number of benzene rings is 1. The first-order chi connectivity index (χ1) is 11.6. The summed E-state index contributed by atoms with van der Waals surface area (Å²) in [6.45, 7) is 3.93. The van der Waals surface area contributed by atoms with Crippen molar-refractivity contribution in [1.29, 1.82) is 0 Å². The number of rotatable bonds is 4. The fourth-order valence-electron chi connectivity index (χ4n) is 4.85. The number of amides is 1. The lowest BCUT2D eigenvalue weighted by molar-refractivity contribution is -0.123. The van der Waals surface area contributed by atoms with Gasteiger partial charge >= 0.3 is 0 Å². The lowest BCUT2D eigenvalue weighted by Gasteiger charge is -2.49. The highest BCUT2D eigenvalue weighted by molar-refractivity contribution is 5.79. The Morgan fingerprint density at radius 2 is 1.96 bits per heavy atom. The van der Waals surface area contributed by atoms with Gasteiger partial charge in [0, 0.05) is 23.2 Å². The highest BCUT2D eigenvalue weighted by Crippen LogP contribution is 2.55. The van der Waals surface area contributed by atoms with Crippen LogP contribution in [0.1, 0.15) is 47.7 Å². The molecule has 0 unspecified atom stereocenters. The third-order valence-electron chi connectivity index (χ3n) is 6.06. The number of fused-ring (bicyclic) bond motifs is 1. The van der Waals surface area contributed by atoms with Crippen LogP contribution in [-0.2, 0) is 11.2 Å². The zero-order valence-corrected chi connectivity index (χ0v) is 14.4. The van der Waals surface area contributed by atoms with Gasteiger partial charge in [-0.3, -0.25) is 9.89 Å². The van der Waals surface area contributed by atoms with Gasteiger partial charge in [-0.15, -0.1) is 0 Å². The summed E-state index contributed by atoms with van der Waals surface area (Å²) in [5.74, 6) is 2.01. The molecule has 2 aliphatic carbocycles. The Morgan fingerprint density at radius 1 is 1.21 bits per heavy atom. The molecule has 1 aromatic carbocycles. The molecule has 0 saturated heterocycles. The van der Waals surface area contributed by atoms with Crippen LogP contribution in [0.4, 0.5) is 0 Å². The number of carbonyl (C=O) groups is 1. The van der Waals surface area contributed by atoms with E-state index in [-0.39, 0.29) is 5.91 Å². The highest BCUT2D eigenvalue weighted by Gasteiger charge is 2.53. The molecule has 0 aliphatic heterocycles. The molecular formula is C20H25N3O. The molecule has 4 rings (SSSR count). The zero-order valence-electron chi connectivity index (χ0n) is 14.4. The van der Waals surface area contributed by atoms with Crippen molar-refractivity contribution < 1.29 is 4.79 Å². The fourth-order valence-corrected chi connectivity index (χ4v) is 4.85. The molecule has 4 atom stereocenters. The van der Waals surface area contributed by atoms with Crippen LogP contribution in [0.3, 0.4) is 0 Å². The molecular weight excluding hydrogens is 298 g/mol. The van der Waals surface area contributed by atoms with E-state index in [0.29, 0.717) is 24.3 Å². The van der Waals surface area contributed by atoms with Crippen molar-refractivity contribution in [2.24, 2.45) is 11.8 Å². The zero-order chi connectivity index (χ0) is 16.7. The Bertz CT molecular complexity index is 717. The van der Waals surface area contributed by atoms with Crippen LogP contribution < -0.4 is 5.32 Å². The first-order valence-corrected chi connectivity index (χ1v) is 9.00. The Balaban J connectivity index is 1.49. The number of carbonyl (C=O) groups excluding carboxylic acids is 1. The summed E-state index contributed by atoms with van der Waals surface area (Å²) in [4.78, 5) is 12.6. The van der Waals surface area contributed by atoms with Crippen molar-refractivity contribution >= 4 is 5.91 Å². The monoisotopic (exact) mass is 323 g/mol. The molecule has 1 heterocycles. The Morgan fingerprint density at radius 3 is 2.67 bits per heavy atom. The van der Waals surface area contributed by atoms with Gasteiger partial charge in [-0.25, -0.2) is 0 Å². The summed E-state index contributed by atoms with van der Waals surface area (Å²) in [5.41, 5.74) is 4.33. The molecule has 0 bridgehead atoms. The summed E-state index contributed by atoms with van der Waals surface area (Å²) >= 11 is 0. The largest absolute Gasteiger partial charge is 0.352 e. The van der Waals surface area contributed by atoms with E-state index in [2.05, 4.69) is 45.8 Å². The van der Waals surface area contributed by atoms with Gasteiger partial charge in [-0.2, -0.15) is 5.10 Å². The molecule has 2 aromatic rings. The molecule has 1 aromatic heterocycles. The van der Waals surface area contributed by atoms with Gasteiger partial charge in [0.25, 0.3) is 0 Å². The summed E-state index contributed by atoms with van der Waals surface area (Å²) in [5, 5.41) is 10.5. The average Bonchev–Trinajstić information content (AvgIpc) is 3.12. The summed E-state index contributed by atoms with van der Waals surface area (Å²) < 4.78 is 0. The topological polar surface area (TPSA) is 57.8 Å². The van der Waals surface area contributed by atoms with Crippen molar-refractivity contribution in [3.8, 4) is 0 Å².